The van der Waals surface area contributed by atoms with Crippen molar-refractivity contribution >= 4 is 28.8 Å². The number of nitrogens with one attached hydrogen (secondary N) is 2. The zero-order chi connectivity index (χ0) is 20.6. The Morgan fingerprint density at radius 2 is 1.69 bits per heavy atom. The molecule has 2 amide bonds. The first-order valence-electron chi connectivity index (χ1n) is 9.45. The van der Waals surface area contributed by atoms with Crippen LogP contribution in [0.3, 0.4) is 0 Å². The third-order valence-corrected chi connectivity index (χ3v) is 5.22. The van der Waals surface area contributed by atoms with Crippen LogP contribution in [0.25, 0.3) is 0 Å². The second-order valence-corrected chi connectivity index (χ2v) is 7.91. The summed E-state index contributed by atoms with van der Waals surface area (Å²) in [5, 5.41) is 7.53. The monoisotopic (exact) mass is 408 g/mol. The molecule has 3 rings (SSSR count). The second-order valence-electron chi connectivity index (χ2n) is 6.96. The Labute approximate surface area is 174 Å². The van der Waals surface area contributed by atoms with Crippen LogP contribution in [0.15, 0.2) is 72.1 Å². The summed E-state index contributed by atoms with van der Waals surface area (Å²) >= 11 is 1.35. The van der Waals surface area contributed by atoms with E-state index in [0.29, 0.717) is 17.2 Å². The van der Waals surface area contributed by atoms with Crippen molar-refractivity contribution in [1.29, 1.82) is 0 Å². The maximum atomic E-state index is 12.7. The number of ether oxygens (including phenoxy) is 1. The first-order chi connectivity index (χ1) is 14.0. The molecule has 150 valence electrons. The zero-order valence-electron chi connectivity index (χ0n) is 16.4. The van der Waals surface area contributed by atoms with Gasteiger partial charge in [-0.2, -0.15) is 0 Å². The molecule has 1 aromatic heterocycles. The number of amides is 2. The van der Waals surface area contributed by atoms with Crippen LogP contribution in [0, 0.1) is 5.92 Å². The van der Waals surface area contributed by atoms with Crippen LogP contribution in [-0.2, 0) is 11.4 Å². The average molecular weight is 409 g/mol. The van der Waals surface area contributed by atoms with Crippen molar-refractivity contribution in [1.82, 2.24) is 5.32 Å². The standard InChI is InChI=1S/C23H24N2O3S/c1-16(2)21(25-22(26)20-9-6-14-29-20)23(27)24-18-10-12-19(13-11-18)28-15-17-7-4-3-5-8-17/h3-14,16,21H,15H2,1-2H3,(H,24,27)(H,25,26)/t21-/m0/s1. The predicted octanol–water partition coefficient (Wildman–Crippen LogP) is 4.72. The van der Waals surface area contributed by atoms with Crippen LogP contribution >= 0.6 is 11.3 Å². The third kappa shape index (κ3) is 5.93. The van der Waals surface area contributed by atoms with E-state index in [9.17, 15) is 9.59 Å². The van der Waals surface area contributed by atoms with Crippen molar-refractivity contribution in [2.75, 3.05) is 5.32 Å². The van der Waals surface area contributed by atoms with Gasteiger partial charge in [0, 0.05) is 5.69 Å². The summed E-state index contributed by atoms with van der Waals surface area (Å²) in [6.45, 7) is 4.29. The quantitative estimate of drug-likeness (QED) is 0.567. The van der Waals surface area contributed by atoms with Gasteiger partial charge >= 0.3 is 0 Å². The fraction of sp³-hybridized carbons (Fsp3) is 0.217. The molecule has 0 spiro atoms. The van der Waals surface area contributed by atoms with Crippen LogP contribution in [0.2, 0.25) is 0 Å². The molecule has 3 aromatic rings. The minimum Gasteiger partial charge on any atom is -0.489 e. The van der Waals surface area contributed by atoms with E-state index in [0.717, 1.165) is 11.3 Å². The van der Waals surface area contributed by atoms with E-state index in [1.54, 1.807) is 18.2 Å². The highest BCUT2D eigenvalue weighted by atomic mass is 32.1. The maximum Gasteiger partial charge on any atom is 0.262 e. The summed E-state index contributed by atoms with van der Waals surface area (Å²) < 4.78 is 5.76. The van der Waals surface area contributed by atoms with Crippen molar-refractivity contribution < 1.29 is 14.3 Å². The number of hydrogen-bond acceptors (Lipinski definition) is 4. The molecule has 0 fully saturated rings. The maximum absolute atomic E-state index is 12.7. The lowest BCUT2D eigenvalue weighted by Gasteiger charge is -2.21. The molecule has 0 unspecified atom stereocenters. The zero-order valence-corrected chi connectivity index (χ0v) is 17.2. The lowest BCUT2D eigenvalue weighted by molar-refractivity contribution is -0.118. The molecule has 0 aliphatic carbocycles. The van der Waals surface area contributed by atoms with Crippen molar-refractivity contribution in [2.24, 2.45) is 5.92 Å². The summed E-state index contributed by atoms with van der Waals surface area (Å²) in [7, 11) is 0. The molecular formula is C23H24N2O3S. The Morgan fingerprint density at radius 3 is 2.31 bits per heavy atom. The fourth-order valence-corrected chi connectivity index (χ4v) is 3.38. The van der Waals surface area contributed by atoms with Crippen LogP contribution in [0.4, 0.5) is 5.69 Å². The van der Waals surface area contributed by atoms with Crippen LogP contribution in [0.5, 0.6) is 5.75 Å². The van der Waals surface area contributed by atoms with Crippen LogP contribution in [-0.4, -0.2) is 17.9 Å². The van der Waals surface area contributed by atoms with Crippen molar-refractivity contribution in [2.45, 2.75) is 26.5 Å². The van der Waals surface area contributed by atoms with Gasteiger partial charge in [-0.15, -0.1) is 11.3 Å². The molecule has 2 N–H and O–H groups in total. The normalized spacial score (nSPS) is 11.7. The van der Waals surface area contributed by atoms with E-state index in [2.05, 4.69) is 10.6 Å². The molecule has 0 radical (unpaired) electrons. The molecule has 0 aliphatic rings. The van der Waals surface area contributed by atoms with Gasteiger partial charge in [0.05, 0.1) is 4.88 Å². The minimum absolute atomic E-state index is 0.0487. The number of hydrogen-bond donors (Lipinski definition) is 2. The van der Waals surface area contributed by atoms with Gasteiger partial charge in [-0.05, 0) is 47.2 Å². The summed E-state index contributed by atoms with van der Waals surface area (Å²) in [6, 6.07) is 20.0. The van der Waals surface area contributed by atoms with E-state index in [1.165, 1.54) is 11.3 Å². The van der Waals surface area contributed by atoms with E-state index >= 15 is 0 Å². The second kappa shape index (κ2) is 9.89. The smallest absolute Gasteiger partial charge is 0.262 e. The molecule has 0 bridgehead atoms. The first kappa shape index (κ1) is 20.6. The van der Waals surface area contributed by atoms with Gasteiger partial charge in [-0.3, -0.25) is 9.59 Å². The number of thiophene rings is 1. The van der Waals surface area contributed by atoms with Gasteiger partial charge < -0.3 is 15.4 Å². The molecule has 5 nitrogen and oxygen atoms in total. The highest BCUT2D eigenvalue weighted by Gasteiger charge is 2.25. The van der Waals surface area contributed by atoms with Gasteiger partial charge in [0.2, 0.25) is 5.91 Å². The van der Waals surface area contributed by atoms with E-state index < -0.39 is 6.04 Å². The molecule has 1 atom stereocenters. The highest BCUT2D eigenvalue weighted by Crippen LogP contribution is 2.18. The highest BCUT2D eigenvalue weighted by molar-refractivity contribution is 7.12. The van der Waals surface area contributed by atoms with Gasteiger partial charge in [-0.1, -0.05) is 50.2 Å². The van der Waals surface area contributed by atoms with Gasteiger partial charge in [-0.25, -0.2) is 0 Å². The van der Waals surface area contributed by atoms with E-state index in [-0.39, 0.29) is 17.7 Å². The topological polar surface area (TPSA) is 67.4 Å². The Kier molecular flexibility index (Phi) is 7.03. The number of carbonyl (C=O) groups excluding carboxylic acids is 2. The van der Waals surface area contributed by atoms with Crippen LogP contribution < -0.4 is 15.4 Å². The lowest BCUT2D eigenvalue weighted by atomic mass is 10.0. The largest absolute Gasteiger partial charge is 0.489 e. The number of benzene rings is 2. The summed E-state index contributed by atoms with van der Waals surface area (Å²) in [5.41, 5.74) is 1.74. The predicted molar refractivity (Wildman–Crippen MR) is 116 cm³/mol. The molecule has 0 saturated heterocycles. The minimum atomic E-state index is -0.626. The van der Waals surface area contributed by atoms with Gasteiger partial charge in [0.1, 0.15) is 18.4 Å². The van der Waals surface area contributed by atoms with Crippen molar-refractivity contribution in [3.63, 3.8) is 0 Å². The molecule has 6 heteroatoms. The molecule has 2 aromatic carbocycles. The van der Waals surface area contributed by atoms with Crippen molar-refractivity contribution in [3.8, 4) is 5.75 Å². The number of rotatable bonds is 8. The SMILES string of the molecule is CC(C)[C@H](NC(=O)c1cccs1)C(=O)Nc1ccc(OCc2ccccc2)cc1. The van der Waals surface area contributed by atoms with Gasteiger partial charge in [0.25, 0.3) is 5.91 Å². The molecule has 0 saturated carbocycles. The van der Waals surface area contributed by atoms with Crippen LogP contribution in [0.1, 0.15) is 29.1 Å². The summed E-state index contributed by atoms with van der Waals surface area (Å²) in [5.74, 6) is 0.187. The molecule has 1 heterocycles. The Balaban J connectivity index is 1.57. The Hall–Kier alpha value is -3.12. The lowest BCUT2D eigenvalue weighted by Crippen LogP contribution is -2.46. The fourth-order valence-electron chi connectivity index (χ4n) is 2.75. The molecule has 0 aliphatic heterocycles. The summed E-state index contributed by atoms with van der Waals surface area (Å²) in [4.78, 5) is 25.6. The number of anilines is 1. The summed E-state index contributed by atoms with van der Waals surface area (Å²) in [6.07, 6.45) is 0. The molecular weight excluding hydrogens is 384 g/mol. The third-order valence-electron chi connectivity index (χ3n) is 4.35. The average Bonchev–Trinajstić information content (AvgIpc) is 3.27. The molecule has 29 heavy (non-hydrogen) atoms. The van der Waals surface area contributed by atoms with E-state index in [4.69, 9.17) is 4.74 Å². The Bertz CT molecular complexity index is 923. The first-order valence-corrected chi connectivity index (χ1v) is 10.3. The Morgan fingerprint density at radius 1 is 0.966 bits per heavy atom. The van der Waals surface area contributed by atoms with Crippen molar-refractivity contribution in [3.05, 3.63) is 82.6 Å². The number of carbonyl (C=O) groups is 2. The van der Waals surface area contributed by atoms with Gasteiger partial charge in [0.15, 0.2) is 0 Å². The van der Waals surface area contributed by atoms with E-state index in [1.807, 2.05) is 67.8 Å².